The van der Waals surface area contributed by atoms with Gasteiger partial charge in [0.1, 0.15) is 0 Å². The van der Waals surface area contributed by atoms with E-state index < -0.39 is 5.24 Å². The van der Waals surface area contributed by atoms with Crippen LogP contribution in [0.2, 0.25) is 0 Å². The van der Waals surface area contributed by atoms with Crippen molar-refractivity contribution in [1.29, 1.82) is 0 Å². The molecule has 0 aliphatic heterocycles. The molecule has 12 heavy (non-hydrogen) atoms. The van der Waals surface area contributed by atoms with E-state index in [4.69, 9.17) is 28.8 Å². The van der Waals surface area contributed by atoms with Crippen LogP contribution in [0.3, 0.4) is 0 Å². The summed E-state index contributed by atoms with van der Waals surface area (Å²) in [6, 6.07) is 0. The molecule has 1 unspecified atom stereocenters. The van der Waals surface area contributed by atoms with E-state index in [0.29, 0.717) is 5.17 Å². The van der Waals surface area contributed by atoms with E-state index in [0.717, 1.165) is 12.7 Å². The molecule has 0 aromatic rings. The molecule has 1 N–H and O–H groups in total. The Morgan fingerprint density at radius 2 is 2.25 bits per heavy atom. The lowest BCUT2D eigenvalue weighted by Gasteiger charge is -2.13. The first-order chi connectivity index (χ1) is 5.52. The van der Waals surface area contributed by atoms with Crippen LogP contribution in [-0.2, 0) is 16.5 Å². The summed E-state index contributed by atoms with van der Waals surface area (Å²) in [5.41, 5.74) is 0. The molecule has 0 bridgehead atoms. The van der Waals surface area contributed by atoms with Crippen LogP contribution in [0.4, 0.5) is 0 Å². The van der Waals surface area contributed by atoms with E-state index in [1.165, 1.54) is 0 Å². The van der Waals surface area contributed by atoms with Gasteiger partial charge in [-0.2, -0.15) is 0 Å². The molecule has 0 fully saturated rings. The Kier molecular flexibility index (Phi) is 6.55. The van der Waals surface area contributed by atoms with Crippen molar-refractivity contribution in [2.24, 2.45) is 0 Å². The quantitative estimate of drug-likeness (QED) is 0.599. The second kappa shape index (κ2) is 6.19. The molecule has 0 rings (SSSR count). The summed E-state index contributed by atoms with van der Waals surface area (Å²) < 4.78 is 4.79. The van der Waals surface area contributed by atoms with Crippen LogP contribution in [0.15, 0.2) is 0 Å². The lowest BCUT2D eigenvalue weighted by Crippen LogP contribution is -2.25. The SMILES string of the molecule is COC(=S)NCCP(C)(=S)SC. The lowest BCUT2D eigenvalue weighted by molar-refractivity contribution is 0.394. The average Bonchev–Trinajstić information content (AvgIpc) is 2.04. The van der Waals surface area contributed by atoms with Gasteiger partial charge in [0.25, 0.3) is 5.17 Å². The van der Waals surface area contributed by atoms with Gasteiger partial charge >= 0.3 is 0 Å². The normalized spacial score (nSPS) is 14.9. The first-order valence-electron chi connectivity index (χ1n) is 3.46. The van der Waals surface area contributed by atoms with Crippen LogP contribution < -0.4 is 5.32 Å². The highest BCUT2D eigenvalue weighted by Crippen LogP contribution is 2.53. The molecular formula is C6H14NOPS3. The second-order valence-corrected chi connectivity index (χ2v) is 12.2. The minimum absolute atomic E-state index is 0.450. The smallest absolute Gasteiger partial charge is 0.256 e. The fourth-order valence-electron chi connectivity index (χ4n) is 0.525. The molecule has 0 spiro atoms. The summed E-state index contributed by atoms with van der Waals surface area (Å²) in [6.07, 6.45) is 3.07. The van der Waals surface area contributed by atoms with Gasteiger partial charge in [-0.05, 0) is 25.1 Å². The zero-order valence-electron chi connectivity index (χ0n) is 7.49. The van der Waals surface area contributed by atoms with Crippen molar-refractivity contribution in [3.05, 3.63) is 0 Å². The highest BCUT2D eigenvalue weighted by atomic mass is 32.9. The maximum atomic E-state index is 5.38. The third-order valence-electron chi connectivity index (χ3n) is 1.36. The fraction of sp³-hybridized carbons (Fsp3) is 0.833. The minimum atomic E-state index is -1.17. The zero-order valence-corrected chi connectivity index (χ0v) is 10.8. The molecule has 0 saturated heterocycles. The van der Waals surface area contributed by atoms with Gasteiger partial charge in [0, 0.05) is 17.9 Å². The summed E-state index contributed by atoms with van der Waals surface area (Å²) in [5, 5.41) is 2.26. The predicted molar refractivity (Wildman–Crippen MR) is 66.2 cm³/mol. The van der Waals surface area contributed by atoms with Crippen molar-refractivity contribution >= 4 is 45.8 Å². The summed E-state index contributed by atoms with van der Waals surface area (Å²) in [5.74, 6) is 0. The van der Waals surface area contributed by atoms with Crippen molar-refractivity contribution in [3.8, 4) is 0 Å². The van der Waals surface area contributed by atoms with Gasteiger partial charge < -0.3 is 10.1 Å². The van der Waals surface area contributed by atoms with E-state index in [1.54, 1.807) is 18.5 Å². The molecule has 6 heteroatoms. The number of hydrogen-bond donors (Lipinski definition) is 1. The van der Waals surface area contributed by atoms with Crippen LogP contribution in [0.1, 0.15) is 0 Å². The van der Waals surface area contributed by atoms with Gasteiger partial charge in [-0.15, -0.1) is 11.4 Å². The summed E-state index contributed by atoms with van der Waals surface area (Å²) in [4.78, 5) is 0. The number of ether oxygens (including phenoxy) is 1. The Hall–Kier alpha value is 0.690. The molecule has 0 aliphatic rings. The maximum Gasteiger partial charge on any atom is 0.256 e. The van der Waals surface area contributed by atoms with Crippen molar-refractivity contribution in [2.45, 2.75) is 0 Å². The molecule has 0 heterocycles. The Morgan fingerprint density at radius 3 is 2.67 bits per heavy atom. The van der Waals surface area contributed by atoms with Gasteiger partial charge in [-0.3, -0.25) is 0 Å². The highest BCUT2D eigenvalue weighted by Gasteiger charge is 2.07. The first kappa shape index (κ1) is 12.7. The van der Waals surface area contributed by atoms with E-state index in [1.807, 2.05) is 0 Å². The Balaban J connectivity index is 3.57. The first-order valence-corrected chi connectivity index (χ1v) is 9.13. The monoisotopic (exact) mass is 243 g/mol. The topological polar surface area (TPSA) is 21.3 Å². The largest absolute Gasteiger partial charge is 0.474 e. The fourth-order valence-corrected chi connectivity index (χ4v) is 2.42. The molecule has 0 aromatic heterocycles. The Bertz CT molecular complexity index is 197. The van der Waals surface area contributed by atoms with Crippen LogP contribution in [0.5, 0.6) is 0 Å². The third kappa shape index (κ3) is 6.23. The number of hydrogen-bond acceptors (Lipinski definition) is 4. The molecule has 0 amide bonds. The summed E-state index contributed by atoms with van der Waals surface area (Å²) in [6.45, 7) is 2.96. The molecular weight excluding hydrogens is 229 g/mol. The van der Waals surface area contributed by atoms with Gasteiger partial charge in [-0.25, -0.2) is 0 Å². The lowest BCUT2D eigenvalue weighted by atomic mass is 10.7. The molecule has 72 valence electrons. The minimum Gasteiger partial charge on any atom is -0.474 e. The van der Waals surface area contributed by atoms with Crippen molar-refractivity contribution < 1.29 is 4.74 Å². The maximum absolute atomic E-state index is 5.38. The summed E-state index contributed by atoms with van der Waals surface area (Å²) >= 11 is 12.0. The molecule has 0 aliphatic carbocycles. The van der Waals surface area contributed by atoms with Crippen LogP contribution in [-0.4, -0.2) is 37.9 Å². The van der Waals surface area contributed by atoms with E-state index in [-0.39, 0.29) is 0 Å². The summed E-state index contributed by atoms with van der Waals surface area (Å²) in [7, 11) is 1.56. The highest BCUT2D eigenvalue weighted by molar-refractivity contribution is 8.70. The molecule has 2 nitrogen and oxygen atoms in total. The van der Waals surface area contributed by atoms with Crippen LogP contribution >= 0.6 is 28.8 Å². The van der Waals surface area contributed by atoms with Crippen LogP contribution in [0.25, 0.3) is 0 Å². The van der Waals surface area contributed by atoms with Gasteiger partial charge in [0.15, 0.2) is 0 Å². The van der Waals surface area contributed by atoms with E-state index >= 15 is 0 Å². The Labute approximate surface area is 88.6 Å². The third-order valence-corrected chi connectivity index (χ3v) is 8.23. The van der Waals surface area contributed by atoms with Gasteiger partial charge in [-0.1, -0.05) is 11.8 Å². The standard InChI is InChI=1S/C6H14NOPS3/c1-8-6(10)7-4-5-9(2,11)12-3/h4-5H2,1-3H3,(H,7,10). The predicted octanol–water partition coefficient (Wildman–Crippen LogP) is 1.89. The van der Waals surface area contributed by atoms with Crippen molar-refractivity contribution in [1.82, 2.24) is 5.32 Å². The second-order valence-electron chi connectivity index (χ2n) is 2.34. The zero-order chi connectivity index (χ0) is 9.61. The molecule has 0 saturated carbocycles. The molecule has 0 radical (unpaired) electrons. The van der Waals surface area contributed by atoms with Gasteiger partial charge in [0.2, 0.25) is 0 Å². The Morgan fingerprint density at radius 1 is 1.67 bits per heavy atom. The van der Waals surface area contributed by atoms with Crippen LogP contribution in [0, 0.1) is 0 Å². The average molecular weight is 243 g/mol. The van der Waals surface area contributed by atoms with Crippen molar-refractivity contribution in [3.63, 3.8) is 0 Å². The number of thiocarbonyl (C=S) groups is 1. The molecule has 1 atom stereocenters. The van der Waals surface area contributed by atoms with Crippen molar-refractivity contribution in [2.75, 3.05) is 32.7 Å². The van der Waals surface area contributed by atoms with E-state index in [2.05, 4.69) is 18.2 Å². The van der Waals surface area contributed by atoms with Gasteiger partial charge in [0.05, 0.1) is 7.11 Å². The number of methoxy groups -OCH3 is 1. The van der Waals surface area contributed by atoms with E-state index in [9.17, 15) is 0 Å². The number of nitrogens with one attached hydrogen (secondary N) is 1. The number of rotatable bonds is 4. The molecule has 0 aromatic carbocycles.